The zero-order valence-electron chi connectivity index (χ0n) is 6.20. The van der Waals surface area contributed by atoms with Gasteiger partial charge in [-0.15, -0.1) is 0 Å². The van der Waals surface area contributed by atoms with Crippen LogP contribution in [0.15, 0.2) is 22.9 Å². The van der Waals surface area contributed by atoms with Crippen molar-refractivity contribution in [3.05, 3.63) is 28.5 Å². The van der Waals surface area contributed by atoms with Crippen LogP contribution in [0.25, 0.3) is 6.08 Å². The fourth-order valence-corrected chi connectivity index (χ4v) is 1.25. The van der Waals surface area contributed by atoms with Crippen LogP contribution in [0.1, 0.15) is 5.56 Å². The van der Waals surface area contributed by atoms with Crippen LogP contribution in [0, 0.1) is 0 Å². The molecule has 0 aliphatic carbocycles. The smallest absolute Gasteiger partial charge is 0.243 e. The summed E-state index contributed by atoms with van der Waals surface area (Å²) < 4.78 is 0. The lowest BCUT2D eigenvalue weighted by Crippen LogP contribution is -2.13. The van der Waals surface area contributed by atoms with E-state index in [4.69, 9.17) is 0 Å². The van der Waals surface area contributed by atoms with Gasteiger partial charge >= 0.3 is 0 Å². The van der Waals surface area contributed by atoms with Crippen LogP contribution in [0.3, 0.4) is 0 Å². The van der Waals surface area contributed by atoms with Gasteiger partial charge in [-0.2, -0.15) is 11.3 Å². The molecule has 58 valence electrons. The number of rotatable bonds is 2. The van der Waals surface area contributed by atoms with Crippen molar-refractivity contribution in [1.29, 1.82) is 0 Å². The van der Waals surface area contributed by atoms with Crippen molar-refractivity contribution in [3.63, 3.8) is 0 Å². The van der Waals surface area contributed by atoms with Gasteiger partial charge in [0, 0.05) is 13.1 Å². The maximum absolute atomic E-state index is 10.7. The molecule has 0 radical (unpaired) electrons. The first-order valence-electron chi connectivity index (χ1n) is 3.25. The number of likely N-dealkylation sites (N-methyl/N-ethyl adjacent to an activating group) is 1. The maximum atomic E-state index is 10.7. The van der Waals surface area contributed by atoms with Gasteiger partial charge in [-0.1, -0.05) is 0 Å². The number of amides is 1. The quantitative estimate of drug-likeness (QED) is 0.664. The largest absolute Gasteiger partial charge is 0.356 e. The van der Waals surface area contributed by atoms with E-state index in [2.05, 4.69) is 5.32 Å². The van der Waals surface area contributed by atoms with Crippen molar-refractivity contribution >= 4 is 23.3 Å². The Labute approximate surface area is 69.6 Å². The summed E-state index contributed by atoms with van der Waals surface area (Å²) >= 11 is 1.62. The molecule has 0 unspecified atom stereocenters. The Morgan fingerprint density at radius 3 is 3.09 bits per heavy atom. The van der Waals surface area contributed by atoms with Crippen LogP contribution in [-0.4, -0.2) is 13.0 Å². The summed E-state index contributed by atoms with van der Waals surface area (Å²) in [5.41, 5.74) is 1.07. The summed E-state index contributed by atoms with van der Waals surface area (Å²) in [6.45, 7) is 0. The summed E-state index contributed by atoms with van der Waals surface area (Å²) in [6.07, 6.45) is 3.30. The Balaban J connectivity index is 2.55. The summed E-state index contributed by atoms with van der Waals surface area (Å²) in [5.74, 6) is -0.0730. The van der Waals surface area contributed by atoms with Crippen LogP contribution in [0.2, 0.25) is 0 Å². The summed E-state index contributed by atoms with van der Waals surface area (Å²) in [6, 6.07) is 1.96. The van der Waals surface area contributed by atoms with E-state index in [1.807, 2.05) is 16.8 Å². The minimum atomic E-state index is -0.0730. The average molecular weight is 167 g/mol. The minimum absolute atomic E-state index is 0.0730. The van der Waals surface area contributed by atoms with Crippen LogP contribution in [-0.2, 0) is 4.79 Å². The summed E-state index contributed by atoms with van der Waals surface area (Å²) in [5, 5.41) is 6.47. The van der Waals surface area contributed by atoms with Crippen molar-refractivity contribution in [2.24, 2.45) is 0 Å². The molecule has 1 rings (SSSR count). The van der Waals surface area contributed by atoms with Crippen molar-refractivity contribution in [2.45, 2.75) is 0 Å². The molecule has 0 aromatic carbocycles. The van der Waals surface area contributed by atoms with E-state index in [9.17, 15) is 4.79 Å². The third kappa shape index (κ3) is 2.55. The molecule has 2 nitrogen and oxygen atoms in total. The Morgan fingerprint density at radius 2 is 2.55 bits per heavy atom. The Morgan fingerprint density at radius 1 is 1.73 bits per heavy atom. The van der Waals surface area contributed by atoms with E-state index in [1.165, 1.54) is 6.08 Å². The van der Waals surface area contributed by atoms with Crippen LogP contribution in [0.5, 0.6) is 0 Å². The Kier molecular flexibility index (Phi) is 2.86. The normalized spacial score (nSPS) is 10.3. The average Bonchev–Trinajstić information content (AvgIpc) is 2.52. The second-order valence-corrected chi connectivity index (χ2v) is 2.78. The molecular weight excluding hydrogens is 158 g/mol. The second kappa shape index (κ2) is 3.93. The topological polar surface area (TPSA) is 29.1 Å². The molecule has 1 aromatic rings. The van der Waals surface area contributed by atoms with Gasteiger partial charge < -0.3 is 5.32 Å². The van der Waals surface area contributed by atoms with E-state index in [0.29, 0.717) is 0 Å². The first kappa shape index (κ1) is 8.01. The van der Waals surface area contributed by atoms with E-state index >= 15 is 0 Å². The van der Waals surface area contributed by atoms with E-state index in [-0.39, 0.29) is 5.91 Å². The van der Waals surface area contributed by atoms with Crippen molar-refractivity contribution < 1.29 is 4.79 Å². The predicted octanol–water partition coefficient (Wildman–Crippen LogP) is 1.51. The third-order valence-electron chi connectivity index (χ3n) is 1.22. The molecule has 11 heavy (non-hydrogen) atoms. The summed E-state index contributed by atoms with van der Waals surface area (Å²) in [7, 11) is 1.61. The summed E-state index contributed by atoms with van der Waals surface area (Å²) in [4.78, 5) is 10.7. The van der Waals surface area contributed by atoms with Gasteiger partial charge in [0.1, 0.15) is 0 Å². The number of carbonyl (C=O) groups is 1. The van der Waals surface area contributed by atoms with E-state index in [1.54, 1.807) is 24.5 Å². The molecule has 0 saturated heterocycles. The first-order chi connectivity index (χ1) is 5.33. The SMILES string of the molecule is CNC(=O)/C=C/c1ccsc1. The zero-order valence-corrected chi connectivity index (χ0v) is 7.02. The van der Waals surface area contributed by atoms with Gasteiger partial charge in [0.25, 0.3) is 0 Å². The second-order valence-electron chi connectivity index (χ2n) is 2.00. The van der Waals surface area contributed by atoms with Gasteiger partial charge in [-0.25, -0.2) is 0 Å². The lowest BCUT2D eigenvalue weighted by Gasteiger charge is -1.87. The number of carbonyl (C=O) groups excluding carboxylic acids is 1. The first-order valence-corrected chi connectivity index (χ1v) is 4.19. The van der Waals surface area contributed by atoms with Crippen LogP contribution >= 0.6 is 11.3 Å². The molecule has 0 atom stereocenters. The molecule has 1 N–H and O–H groups in total. The highest BCUT2D eigenvalue weighted by molar-refractivity contribution is 7.08. The van der Waals surface area contributed by atoms with E-state index < -0.39 is 0 Å². The Hall–Kier alpha value is -1.09. The molecule has 1 aromatic heterocycles. The fraction of sp³-hybridized carbons (Fsp3) is 0.125. The van der Waals surface area contributed by atoms with Gasteiger partial charge in [0.05, 0.1) is 0 Å². The van der Waals surface area contributed by atoms with Crippen molar-refractivity contribution in [3.8, 4) is 0 Å². The number of hydrogen-bond donors (Lipinski definition) is 1. The zero-order chi connectivity index (χ0) is 8.10. The number of hydrogen-bond acceptors (Lipinski definition) is 2. The Bertz CT molecular complexity index is 251. The molecular formula is C8H9NOS. The molecule has 0 aliphatic rings. The highest BCUT2D eigenvalue weighted by Crippen LogP contribution is 2.06. The molecule has 0 saturated carbocycles. The molecule has 1 amide bonds. The maximum Gasteiger partial charge on any atom is 0.243 e. The van der Waals surface area contributed by atoms with Gasteiger partial charge in [-0.3, -0.25) is 4.79 Å². The van der Waals surface area contributed by atoms with Crippen molar-refractivity contribution in [2.75, 3.05) is 7.05 Å². The molecule has 1 heterocycles. The van der Waals surface area contributed by atoms with Crippen LogP contribution in [0.4, 0.5) is 0 Å². The molecule has 0 bridgehead atoms. The third-order valence-corrected chi connectivity index (χ3v) is 1.92. The monoisotopic (exact) mass is 167 g/mol. The molecule has 3 heteroatoms. The fourth-order valence-electron chi connectivity index (χ4n) is 0.625. The number of thiophene rings is 1. The molecule has 0 spiro atoms. The minimum Gasteiger partial charge on any atom is -0.356 e. The van der Waals surface area contributed by atoms with Crippen molar-refractivity contribution in [1.82, 2.24) is 5.32 Å². The van der Waals surface area contributed by atoms with Gasteiger partial charge in [0.2, 0.25) is 5.91 Å². The predicted molar refractivity (Wildman–Crippen MR) is 47.4 cm³/mol. The van der Waals surface area contributed by atoms with Crippen LogP contribution < -0.4 is 5.32 Å². The highest BCUT2D eigenvalue weighted by atomic mass is 32.1. The molecule has 0 aliphatic heterocycles. The van der Waals surface area contributed by atoms with Gasteiger partial charge in [0.15, 0.2) is 0 Å². The lowest BCUT2D eigenvalue weighted by atomic mass is 10.3. The highest BCUT2D eigenvalue weighted by Gasteiger charge is 1.88. The van der Waals surface area contributed by atoms with Gasteiger partial charge in [-0.05, 0) is 28.5 Å². The van der Waals surface area contributed by atoms with E-state index in [0.717, 1.165) is 5.56 Å². The molecule has 0 fully saturated rings. The standard InChI is InChI=1S/C8H9NOS/c1-9-8(10)3-2-7-4-5-11-6-7/h2-6H,1H3,(H,9,10)/b3-2+. The number of nitrogens with one attached hydrogen (secondary N) is 1. The lowest BCUT2D eigenvalue weighted by molar-refractivity contribution is -0.115.